The lowest BCUT2D eigenvalue weighted by Gasteiger charge is -2.11. The van der Waals surface area contributed by atoms with Gasteiger partial charge in [-0.15, -0.1) is 11.3 Å². The summed E-state index contributed by atoms with van der Waals surface area (Å²) in [6, 6.07) is 10.4. The van der Waals surface area contributed by atoms with E-state index in [9.17, 15) is 22.8 Å². The Labute approximate surface area is 182 Å². The molecule has 0 unspecified atom stereocenters. The van der Waals surface area contributed by atoms with E-state index in [4.69, 9.17) is 16.7 Å². The number of amides is 1. The second-order valence-electron chi connectivity index (χ2n) is 6.56. The van der Waals surface area contributed by atoms with Crippen LogP contribution in [0.3, 0.4) is 0 Å². The molecule has 0 atom stereocenters. The summed E-state index contributed by atoms with van der Waals surface area (Å²) in [7, 11) is -2.56. The highest BCUT2D eigenvalue weighted by Gasteiger charge is 2.19. The smallest absolute Gasteiger partial charge is 0.246 e. The molecule has 1 amide bonds. The third kappa shape index (κ3) is 4.88. The van der Waals surface area contributed by atoms with Gasteiger partial charge in [0.25, 0.3) is 0 Å². The van der Waals surface area contributed by atoms with E-state index >= 15 is 0 Å². The second kappa shape index (κ2) is 8.83. The summed E-state index contributed by atoms with van der Waals surface area (Å²) in [5, 5.41) is 16.8. The minimum atomic E-state index is -3.82. The number of primary sulfonamides is 1. The highest BCUT2D eigenvalue weighted by atomic mass is 35.5. The van der Waals surface area contributed by atoms with Crippen LogP contribution in [0, 0.1) is 5.82 Å². The molecule has 0 bridgehead atoms. The lowest BCUT2D eigenvalue weighted by atomic mass is 9.95. The first-order valence-corrected chi connectivity index (χ1v) is 11.5. The molecule has 1 aromatic heterocycles. The Morgan fingerprint density at radius 3 is 2.40 bits per heavy atom. The van der Waals surface area contributed by atoms with E-state index in [2.05, 4.69) is 0 Å². The van der Waals surface area contributed by atoms with Crippen molar-refractivity contribution in [2.45, 2.75) is 17.7 Å². The number of carbonyl (C=O) groups is 1. The van der Waals surface area contributed by atoms with Gasteiger partial charge in [-0.3, -0.25) is 10.0 Å². The minimum absolute atomic E-state index is 0.00957. The van der Waals surface area contributed by atoms with Gasteiger partial charge in [0.1, 0.15) is 5.82 Å². The van der Waals surface area contributed by atoms with Crippen LogP contribution in [0.4, 0.5) is 4.39 Å². The molecule has 0 aliphatic carbocycles. The maximum Gasteiger partial charge on any atom is 0.246 e. The number of sulfonamides is 1. The lowest BCUT2D eigenvalue weighted by Crippen LogP contribution is -2.22. The summed E-state index contributed by atoms with van der Waals surface area (Å²) >= 11 is 7.38. The zero-order valence-electron chi connectivity index (χ0n) is 15.8. The molecule has 3 aromatic rings. The van der Waals surface area contributed by atoms with Crippen LogP contribution in [0.1, 0.15) is 11.3 Å². The predicted molar refractivity (Wildman–Crippen MR) is 114 cm³/mol. The number of benzene rings is 2. The SMILES string of the molecule is CN(O)C(=O)CCc1scc(-c2ccc(S(N)(=O)=O)cc2)c1-c1ccc(F)c(Cl)c1. The highest BCUT2D eigenvalue weighted by molar-refractivity contribution is 7.89. The van der Waals surface area contributed by atoms with Crippen LogP contribution in [-0.4, -0.2) is 31.6 Å². The monoisotopic (exact) mass is 468 g/mol. The predicted octanol–water partition coefficient (Wildman–Crippen LogP) is 4.30. The van der Waals surface area contributed by atoms with Crippen LogP contribution in [-0.2, 0) is 21.2 Å². The van der Waals surface area contributed by atoms with Crippen LogP contribution in [0.5, 0.6) is 0 Å². The molecule has 0 spiro atoms. The molecule has 0 fully saturated rings. The molecule has 10 heteroatoms. The standard InChI is InChI=1S/C20H18ClFN2O4S2/c1-24(26)19(25)9-8-18-20(13-4-7-17(22)16(21)10-13)15(11-29-18)12-2-5-14(6-3-12)30(23,27)28/h2-7,10-11,26H,8-9H2,1H3,(H2,23,27,28). The van der Waals surface area contributed by atoms with Gasteiger partial charge in [-0.1, -0.05) is 29.8 Å². The van der Waals surface area contributed by atoms with Crippen molar-refractivity contribution in [1.82, 2.24) is 5.06 Å². The number of hydrogen-bond acceptors (Lipinski definition) is 5. The second-order valence-corrected chi connectivity index (χ2v) is 9.50. The van der Waals surface area contributed by atoms with Crippen molar-refractivity contribution >= 4 is 38.9 Å². The van der Waals surface area contributed by atoms with Gasteiger partial charge in [-0.05, 0) is 47.2 Å². The Hall–Kier alpha value is -2.30. The van der Waals surface area contributed by atoms with Crippen molar-refractivity contribution in [3.05, 3.63) is 63.6 Å². The van der Waals surface area contributed by atoms with Crippen LogP contribution < -0.4 is 5.14 Å². The average molecular weight is 469 g/mol. The zero-order chi connectivity index (χ0) is 22.1. The topological polar surface area (TPSA) is 101 Å². The summed E-state index contributed by atoms with van der Waals surface area (Å²) in [6.07, 6.45) is 0.438. The zero-order valence-corrected chi connectivity index (χ0v) is 18.2. The van der Waals surface area contributed by atoms with E-state index in [1.54, 1.807) is 18.2 Å². The molecule has 30 heavy (non-hydrogen) atoms. The van der Waals surface area contributed by atoms with Gasteiger partial charge in [-0.25, -0.2) is 23.0 Å². The van der Waals surface area contributed by atoms with Crippen molar-refractivity contribution in [3.8, 4) is 22.3 Å². The fourth-order valence-corrected chi connectivity index (χ4v) is 4.74. The number of rotatable bonds is 6. The third-order valence-electron chi connectivity index (χ3n) is 4.50. The molecule has 3 N–H and O–H groups in total. The first-order chi connectivity index (χ1) is 14.1. The number of aryl methyl sites for hydroxylation is 1. The third-order valence-corrected chi connectivity index (χ3v) is 6.76. The number of hydroxylamine groups is 2. The van der Waals surface area contributed by atoms with Gasteiger partial charge >= 0.3 is 0 Å². The molecular weight excluding hydrogens is 451 g/mol. The van der Waals surface area contributed by atoms with E-state index < -0.39 is 21.7 Å². The summed E-state index contributed by atoms with van der Waals surface area (Å²) < 4.78 is 36.7. The minimum Gasteiger partial charge on any atom is -0.286 e. The highest BCUT2D eigenvalue weighted by Crippen LogP contribution is 2.41. The largest absolute Gasteiger partial charge is 0.286 e. The number of thiophene rings is 1. The van der Waals surface area contributed by atoms with E-state index in [0.29, 0.717) is 17.0 Å². The number of hydrogen-bond donors (Lipinski definition) is 2. The lowest BCUT2D eigenvalue weighted by molar-refractivity contribution is -0.159. The van der Waals surface area contributed by atoms with Crippen LogP contribution in [0.15, 0.2) is 52.7 Å². The molecule has 158 valence electrons. The molecule has 0 radical (unpaired) electrons. The Kier molecular flexibility index (Phi) is 6.59. The van der Waals surface area contributed by atoms with Gasteiger partial charge in [0.15, 0.2) is 0 Å². The molecule has 0 aliphatic rings. The maximum atomic E-state index is 13.7. The quantitative estimate of drug-likeness (QED) is 0.416. The summed E-state index contributed by atoms with van der Waals surface area (Å²) in [5.74, 6) is -0.987. The van der Waals surface area contributed by atoms with Gasteiger partial charge in [0.05, 0.1) is 9.92 Å². The van der Waals surface area contributed by atoms with E-state index in [1.165, 1.54) is 42.6 Å². The Morgan fingerprint density at radius 2 is 1.83 bits per heavy atom. The fourth-order valence-electron chi connectivity index (χ4n) is 2.97. The number of halogens is 2. The van der Waals surface area contributed by atoms with E-state index in [-0.39, 0.29) is 16.3 Å². The normalized spacial score (nSPS) is 11.5. The molecule has 1 heterocycles. The number of nitrogens with two attached hydrogens (primary N) is 1. The van der Waals surface area contributed by atoms with Crippen LogP contribution in [0.25, 0.3) is 22.3 Å². The Balaban J connectivity index is 2.08. The average Bonchev–Trinajstić information content (AvgIpc) is 3.11. The van der Waals surface area contributed by atoms with Crippen molar-refractivity contribution in [1.29, 1.82) is 0 Å². The molecule has 0 saturated heterocycles. The fraction of sp³-hybridized carbons (Fsp3) is 0.150. The van der Waals surface area contributed by atoms with Crippen molar-refractivity contribution in [2.24, 2.45) is 5.14 Å². The molecular formula is C20H18ClFN2O4S2. The van der Waals surface area contributed by atoms with Crippen molar-refractivity contribution in [3.63, 3.8) is 0 Å². The van der Waals surface area contributed by atoms with Crippen LogP contribution in [0.2, 0.25) is 5.02 Å². The summed E-state index contributed by atoms with van der Waals surface area (Å²) in [6.45, 7) is 0. The molecule has 0 aliphatic heterocycles. The first kappa shape index (κ1) is 22.4. The number of nitrogens with zero attached hydrogens (tertiary/aromatic N) is 1. The maximum absolute atomic E-state index is 13.7. The van der Waals surface area contributed by atoms with Crippen molar-refractivity contribution in [2.75, 3.05) is 7.05 Å². The Morgan fingerprint density at radius 1 is 1.20 bits per heavy atom. The van der Waals surface area contributed by atoms with Crippen molar-refractivity contribution < 1.29 is 22.8 Å². The first-order valence-electron chi connectivity index (χ1n) is 8.72. The van der Waals surface area contributed by atoms with Crippen LogP contribution >= 0.6 is 22.9 Å². The van der Waals surface area contributed by atoms with Gasteiger partial charge in [-0.2, -0.15) is 0 Å². The summed E-state index contributed by atoms with van der Waals surface area (Å²) in [4.78, 5) is 12.6. The van der Waals surface area contributed by atoms with Gasteiger partial charge in [0.2, 0.25) is 15.9 Å². The van der Waals surface area contributed by atoms with Gasteiger partial charge in [0, 0.05) is 29.5 Å². The molecule has 6 nitrogen and oxygen atoms in total. The number of carbonyl (C=O) groups excluding carboxylic acids is 1. The molecule has 3 rings (SSSR count). The van der Waals surface area contributed by atoms with Gasteiger partial charge < -0.3 is 0 Å². The Bertz CT molecular complexity index is 1190. The molecule has 0 saturated carbocycles. The summed E-state index contributed by atoms with van der Waals surface area (Å²) in [5.41, 5.74) is 2.93. The molecule has 2 aromatic carbocycles. The van der Waals surface area contributed by atoms with E-state index in [0.717, 1.165) is 21.6 Å². The van der Waals surface area contributed by atoms with E-state index in [1.807, 2.05) is 5.38 Å².